The number of halogens is 1. The number of fused-ring (bicyclic) bond motifs is 2. The third-order valence-electron chi connectivity index (χ3n) is 9.47. The molecule has 1 saturated carbocycles. The van der Waals surface area contributed by atoms with Crippen molar-refractivity contribution in [1.82, 2.24) is 3.97 Å². The Kier molecular flexibility index (Phi) is 5.81. The molecule has 0 radical (unpaired) electrons. The van der Waals surface area contributed by atoms with Crippen LogP contribution in [0.4, 0.5) is 5.69 Å². The number of benzene rings is 2. The molecule has 1 aliphatic carbocycles. The van der Waals surface area contributed by atoms with E-state index in [-0.39, 0.29) is 28.9 Å². The number of carbonyl (C=O) groups excluding carboxylic acids is 1. The van der Waals surface area contributed by atoms with E-state index < -0.39 is 20.9 Å². The molecule has 1 fully saturated rings. The summed E-state index contributed by atoms with van der Waals surface area (Å²) in [5.74, 6) is 0.0393. The fourth-order valence-corrected chi connectivity index (χ4v) is 9.13. The van der Waals surface area contributed by atoms with Crippen LogP contribution >= 0.6 is 15.9 Å². The molecule has 1 unspecified atom stereocenters. The minimum Gasteiger partial charge on any atom is -0.377 e. The van der Waals surface area contributed by atoms with Crippen molar-refractivity contribution in [3.8, 4) is 0 Å². The van der Waals surface area contributed by atoms with Gasteiger partial charge in [-0.2, -0.15) is 0 Å². The van der Waals surface area contributed by atoms with Crippen LogP contribution in [-0.2, 0) is 20.2 Å². The number of carbonyl (C=O) groups is 1. The Bertz CT molecular complexity index is 1490. The molecule has 2 aliphatic rings. The molecule has 2 heterocycles. The number of rotatable bonds is 5. The maximum atomic E-state index is 14.1. The lowest BCUT2D eigenvalue weighted by Crippen LogP contribution is -2.44. The van der Waals surface area contributed by atoms with E-state index >= 15 is 0 Å². The Balaban J connectivity index is 1.61. The van der Waals surface area contributed by atoms with Crippen LogP contribution in [0.5, 0.6) is 0 Å². The highest BCUT2D eigenvalue weighted by molar-refractivity contribution is 9.10. The Morgan fingerprint density at radius 2 is 1.78 bits per heavy atom. The minimum absolute atomic E-state index is 0.0548. The number of anilines is 1. The summed E-state index contributed by atoms with van der Waals surface area (Å²) in [5.41, 5.74) is 2.25. The first-order valence-corrected chi connectivity index (χ1v) is 15.1. The predicted molar refractivity (Wildman–Crippen MR) is 150 cm³/mol. The van der Waals surface area contributed by atoms with Crippen molar-refractivity contribution in [2.24, 2.45) is 16.7 Å². The van der Waals surface area contributed by atoms with Gasteiger partial charge in [-0.3, -0.25) is 4.79 Å². The summed E-state index contributed by atoms with van der Waals surface area (Å²) in [4.78, 5) is 13.2. The highest BCUT2D eigenvalue weighted by atomic mass is 79.9. The fourth-order valence-electron chi connectivity index (χ4n) is 6.64. The van der Waals surface area contributed by atoms with Gasteiger partial charge in [-0.05, 0) is 41.2 Å². The van der Waals surface area contributed by atoms with Gasteiger partial charge in [0, 0.05) is 44.6 Å². The number of nitrogens with one attached hydrogen (secondary N) is 1. The van der Waals surface area contributed by atoms with Crippen LogP contribution in [0.2, 0.25) is 0 Å². The summed E-state index contributed by atoms with van der Waals surface area (Å²) in [7, 11) is -3.82. The molecule has 192 valence electrons. The largest absolute Gasteiger partial charge is 0.377 e. The zero-order valence-electron chi connectivity index (χ0n) is 21.9. The molecule has 3 aromatic rings. The van der Waals surface area contributed by atoms with Crippen LogP contribution < -0.4 is 5.32 Å². The SMILES string of the molecule is CC[C@H]1CC(=O)[C@@](C)(CS(=O)(=O)n2cc(C3Nc4ccc(Br)cc4C3(C)C)c3ccccc32)C1(C)C. The smallest absolute Gasteiger partial charge is 0.239 e. The van der Waals surface area contributed by atoms with E-state index in [2.05, 4.69) is 68.0 Å². The van der Waals surface area contributed by atoms with Gasteiger partial charge in [0.2, 0.25) is 10.0 Å². The van der Waals surface area contributed by atoms with E-state index in [1.807, 2.05) is 37.3 Å². The molecule has 7 heteroatoms. The van der Waals surface area contributed by atoms with Gasteiger partial charge in [0.1, 0.15) is 5.78 Å². The molecule has 5 rings (SSSR count). The lowest BCUT2D eigenvalue weighted by Gasteiger charge is -2.40. The molecule has 2 aromatic carbocycles. The van der Waals surface area contributed by atoms with Crippen LogP contribution in [0, 0.1) is 16.7 Å². The molecule has 1 N–H and O–H groups in total. The van der Waals surface area contributed by atoms with E-state index in [4.69, 9.17) is 0 Å². The Labute approximate surface area is 222 Å². The lowest BCUT2D eigenvalue weighted by molar-refractivity contribution is -0.126. The van der Waals surface area contributed by atoms with Crippen LogP contribution in [0.1, 0.15) is 71.6 Å². The second-order valence-electron chi connectivity index (χ2n) is 11.9. The topological polar surface area (TPSA) is 68.2 Å². The van der Waals surface area contributed by atoms with Crippen molar-refractivity contribution in [2.75, 3.05) is 11.1 Å². The lowest BCUT2D eigenvalue weighted by atomic mass is 9.66. The zero-order chi connectivity index (χ0) is 26.3. The standard InChI is InChI=1S/C29H35BrN2O3S/c1-7-18-14-25(33)29(6,28(18,4)5)17-36(34,35)32-16-21(20-10-8-9-11-24(20)32)26-27(2,3)22-15-19(30)12-13-23(22)31-26/h8-13,15-16,18,26,31H,7,14,17H2,1-6H3/t18-,26?,29+/m0/s1. The van der Waals surface area contributed by atoms with Gasteiger partial charge >= 0.3 is 0 Å². The fraction of sp³-hybridized carbons (Fsp3) is 0.483. The third-order valence-corrected chi connectivity index (χ3v) is 11.8. The van der Waals surface area contributed by atoms with Gasteiger partial charge in [-0.1, -0.05) is 82.1 Å². The summed E-state index contributed by atoms with van der Waals surface area (Å²) in [6.45, 7) is 12.4. The molecule has 3 atom stereocenters. The molecule has 36 heavy (non-hydrogen) atoms. The van der Waals surface area contributed by atoms with Crippen molar-refractivity contribution >= 4 is 48.3 Å². The van der Waals surface area contributed by atoms with E-state index in [0.717, 1.165) is 27.5 Å². The average molecular weight is 572 g/mol. The van der Waals surface area contributed by atoms with Gasteiger partial charge in [-0.25, -0.2) is 12.4 Å². The number of aromatic nitrogens is 1. The monoisotopic (exact) mass is 570 g/mol. The van der Waals surface area contributed by atoms with Gasteiger partial charge in [0.15, 0.2) is 0 Å². The highest BCUT2D eigenvalue weighted by Gasteiger charge is 2.58. The number of nitrogens with zero attached hydrogens (tertiary/aromatic N) is 1. The molecule has 5 nitrogen and oxygen atoms in total. The number of ketones is 1. The molecule has 0 saturated heterocycles. The van der Waals surface area contributed by atoms with Crippen molar-refractivity contribution in [3.05, 3.63) is 64.3 Å². The van der Waals surface area contributed by atoms with E-state index in [9.17, 15) is 13.2 Å². The van der Waals surface area contributed by atoms with Crippen molar-refractivity contribution in [2.45, 2.75) is 65.8 Å². The molecule has 0 amide bonds. The molecule has 1 aliphatic heterocycles. The molecule has 1 aromatic heterocycles. The van der Waals surface area contributed by atoms with Gasteiger partial charge in [-0.15, -0.1) is 0 Å². The van der Waals surface area contributed by atoms with Crippen LogP contribution in [0.25, 0.3) is 10.9 Å². The van der Waals surface area contributed by atoms with Crippen molar-refractivity contribution in [1.29, 1.82) is 0 Å². The number of hydrogen-bond donors (Lipinski definition) is 1. The predicted octanol–water partition coefficient (Wildman–Crippen LogP) is 7.06. The summed E-state index contributed by atoms with van der Waals surface area (Å²) < 4.78 is 30.6. The quantitative estimate of drug-likeness (QED) is 0.356. The normalized spacial score (nSPS) is 26.8. The van der Waals surface area contributed by atoms with Crippen LogP contribution in [0.15, 0.2) is 53.1 Å². The van der Waals surface area contributed by atoms with Gasteiger partial charge in [0.05, 0.1) is 17.3 Å². The first-order valence-electron chi connectivity index (χ1n) is 12.7. The van der Waals surface area contributed by atoms with Crippen LogP contribution in [0.3, 0.4) is 0 Å². The maximum Gasteiger partial charge on any atom is 0.239 e. The first-order chi connectivity index (χ1) is 16.7. The van der Waals surface area contributed by atoms with Crippen molar-refractivity contribution < 1.29 is 13.2 Å². The number of hydrogen-bond acceptors (Lipinski definition) is 4. The molecule has 0 bridgehead atoms. The first kappa shape index (κ1) is 25.5. The van der Waals surface area contributed by atoms with E-state index in [1.165, 1.54) is 9.54 Å². The van der Waals surface area contributed by atoms with Gasteiger partial charge in [0.25, 0.3) is 0 Å². The van der Waals surface area contributed by atoms with E-state index in [0.29, 0.717) is 11.9 Å². The second-order valence-corrected chi connectivity index (χ2v) is 14.7. The highest BCUT2D eigenvalue weighted by Crippen LogP contribution is 2.56. The summed E-state index contributed by atoms with van der Waals surface area (Å²) in [6.07, 6.45) is 3.10. The number of para-hydroxylation sites is 1. The molecular weight excluding hydrogens is 536 g/mol. The van der Waals surface area contributed by atoms with Gasteiger partial charge < -0.3 is 5.32 Å². The van der Waals surface area contributed by atoms with Crippen LogP contribution in [-0.4, -0.2) is 23.9 Å². The summed E-state index contributed by atoms with van der Waals surface area (Å²) in [6, 6.07) is 13.8. The summed E-state index contributed by atoms with van der Waals surface area (Å²) in [5, 5.41) is 4.57. The van der Waals surface area contributed by atoms with E-state index in [1.54, 1.807) is 6.20 Å². The average Bonchev–Trinajstić information content (AvgIpc) is 3.37. The molecular formula is C29H35BrN2O3S. The number of Topliss-reactive ketones (excluding diaryl/α,β-unsaturated/α-hetero) is 1. The minimum atomic E-state index is -3.82. The molecule has 0 spiro atoms. The third kappa shape index (κ3) is 3.52. The summed E-state index contributed by atoms with van der Waals surface area (Å²) >= 11 is 3.59. The zero-order valence-corrected chi connectivity index (χ0v) is 24.3. The Morgan fingerprint density at radius 1 is 1.08 bits per heavy atom. The second kappa shape index (κ2) is 8.19. The Morgan fingerprint density at radius 3 is 2.44 bits per heavy atom. The Hall–Kier alpha value is -2.12. The van der Waals surface area contributed by atoms with Crippen molar-refractivity contribution in [3.63, 3.8) is 0 Å². The maximum absolute atomic E-state index is 14.1.